The van der Waals surface area contributed by atoms with Crippen LogP contribution in [0.2, 0.25) is 0 Å². The average molecular weight is 377 g/mol. The molecule has 1 N–H and O–H groups in total. The van der Waals surface area contributed by atoms with Crippen molar-refractivity contribution in [3.8, 4) is 0 Å². The smallest absolute Gasteiger partial charge is 0.0686 e. The maximum atomic E-state index is 4.48. The summed E-state index contributed by atoms with van der Waals surface area (Å²) >= 11 is 7.02. The Kier molecular flexibility index (Phi) is 5.60. The van der Waals surface area contributed by atoms with E-state index in [0.717, 1.165) is 34.3 Å². The molecule has 1 unspecified atom stereocenters. The van der Waals surface area contributed by atoms with Gasteiger partial charge in [0.25, 0.3) is 0 Å². The third kappa shape index (κ3) is 4.02. The number of hydrogen-bond donors (Lipinski definition) is 1. The Morgan fingerprint density at radius 3 is 2.94 bits per heavy atom. The lowest BCUT2D eigenvalue weighted by Gasteiger charge is -2.24. The Morgan fingerprint density at radius 1 is 1.50 bits per heavy atom. The SMILES string of the molecule is CCN(Cc1ncc(Br)cc1Br)CC1CCCN1. The first kappa shape index (κ1) is 14.4. The Hall–Kier alpha value is 0.0300. The minimum atomic E-state index is 0.652. The van der Waals surface area contributed by atoms with Crippen LogP contribution < -0.4 is 5.32 Å². The van der Waals surface area contributed by atoms with Crippen molar-refractivity contribution in [3.63, 3.8) is 0 Å². The summed E-state index contributed by atoms with van der Waals surface area (Å²) in [5.41, 5.74) is 1.11. The fraction of sp³-hybridized carbons (Fsp3) is 0.615. The molecule has 18 heavy (non-hydrogen) atoms. The summed E-state index contributed by atoms with van der Waals surface area (Å²) in [7, 11) is 0. The van der Waals surface area contributed by atoms with Crippen LogP contribution in [0.15, 0.2) is 21.2 Å². The van der Waals surface area contributed by atoms with Crippen molar-refractivity contribution in [2.75, 3.05) is 19.6 Å². The Morgan fingerprint density at radius 2 is 2.33 bits per heavy atom. The summed E-state index contributed by atoms with van der Waals surface area (Å²) in [6.07, 6.45) is 4.47. The van der Waals surface area contributed by atoms with Crippen LogP contribution in [0.3, 0.4) is 0 Å². The number of aromatic nitrogens is 1. The molecule has 0 spiro atoms. The van der Waals surface area contributed by atoms with Crippen molar-refractivity contribution in [2.24, 2.45) is 0 Å². The fourth-order valence-electron chi connectivity index (χ4n) is 2.30. The maximum Gasteiger partial charge on any atom is 0.0686 e. The molecule has 1 atom stereocenters. The van der Waals surface area contributed by atoms with Gasteiger partial charge in [0.1, 0.15) is 0 Å². The summed E-state index contributed by atoms with van der Waals surface area (Å²) in [5.74, 6) is 0. The number of likely N-dealkylation sites (N-methyl/N-ethyl adjacent to an activating group) is 1. The summed E-state index contributed by atoms with van der Waals surface area (Å²) in [6.45, 7) is 6.45. The normalized spacial score (nSPS) is 19.7. The summed E-state index contributed by atoms with van der Waals surface area (Å²) in [5, 5.41) is 3.55. The van der Waals surface area contributed by atoms with Crippen LogP contribution in [0, 0.1) is 0 Å². The van der Waals surface area contributed by atoms with Gasteiger partial charge in [-0.15, -0.1) is 0 Å². The molecule has 1 aliphatic heterocycles. The van der Waals surface area contributed by atoms with E-state index in [1.54, 1.807) is 0 Å². The predicted octanol–water partition coefficient (Wildman–Crippen LogP) is 3.18. The Bertz CT molecular complexity index is 392. The van der Waals surface area contributed by atoms with Crippen LogP contribution in [0.4, 0.5) is 0 Å². The molecule has 1 saturated heterocycles. The first-order valence-electron chi connectivity index (χ1n) is 6.44. The Labute approximate surface area is 126 Å². The van der Waals surface area contributed by atoms with Gasteiger partial charge in [0.15, 0.2) is 0 Å². The van der Waals surface area contributed by atoms with Gasteiger partial charge in [-0.25, -0.2) is 0 Å². The molecule has 3 nitrogen and oxygen atoms in total. The quantitative estimate of drug-likeness (QED) is 0.855. The molecule has 0 amide bonds. The minimum Gasteiger partial charge on any atom is -0.313 e. The fourth-order valence-corrected chi connectivity index (χ4v) is 3.41. The van der Waals surface area contributed by atoms with Crippen molar-refractivity contribution in [3.05, 3.63) is 26.9 Å². The zero-order chi connectivity index (χ0) is 13.0. The van der Waals surface area contributed by atoms with Crippen molar-refractivity contribution in [2.45, 2.75) is 32.4 Å². The highest BCUT2D eigenvalue weighted by atomic mass is 79.9. The zero-order valence-electron chi connectivity index (χ0n) is 10.6. The van der Waals surface area contributed by atoms with Gasteiger partial charge in [0, 0.05) is 34.3 Å². The van der Waals surface area contributed by atoms with Gasteiger partial charge >= 0.3 is 0 Å². The van der Waals surface area contributed by atoms with E-state index < -0.39 is 0 Å². The number of pyridine rings is 1. The van der Waals surface area contributed by atoms with Crippen LogP contribution in [0.25, 0.3) is 0 Å². The molecule has 1 aliphatic rings. The lowest BCUT2D eigenvalue weighted by molar-refractivity contribution is 0.250. The van der Waals surface area contributed by atoms with Crippen molar-refractivity contribution in [1.29, 1.82) is 0 Å². The van der Waals surface area contributed by atoms with Gasteiger partial charge in [0.05, 0.1) is 5.69 Å². The van der Waals surface area contributed by atoms with Crippen LogP contribution in [-0.4, -0.2) is 35.6 Å². The molecule has 0 aliphatic carbocycles. The number of rotatable bonds is 5. The van der Waals surface area contributed by atoms with E-state index >= 15 is 0 Å². The Balaban J connectivity index is 1.96. The molecule has 2 heterocycles. The minimum absolute atomic E-state index is 0.652. The lowest BCUT2D eigenvalue weighted by atomic mass is 10.2. The van der Waals surface area contributed by atoms with Gasteiger partial charge in [0.2, 0.25) is 0 Å². The first-order valence-corrected chi connectivity index (χ1v) is 8.03. The second-order valence-electron chi connectivity index (χ2n) is 4.70. The van der Waals surface area contributed by atoms with Gasteiger partial charge in [-0.05, 0) is 63.9 Å². The molecule has 0 aromatic carbocycles. The van der Waals surface area contributed by atoms with E-state index in [9.17, 15) is 0 Å². The van der Waals surface area contributed by atoms with E-state index in [-0.39, 0.29) is 0 Å². The topological polar surface area (TPSA) is 28.2 Å². The zero-order valence-corrected chi connectivity index (χ0v) is 13.8. The summed E-state index contributed by atoms with van der Waals surface area (Å²) in [4.78, 5) is 6.93. The predicted molar refractivity (Wildman–Crippen MR) is 81.6 cm³/mol. The van der Waals surface area contributed by atoms with Crippen LogP contribution in [-0.2, 0) is 6.54 Å². The van der Waals surface area contributed by atoms with E-state index in [1.165, 1.54) is 19.4 Å². The molecule has 1 aromatic heterocycles. The van der Waals surface area contributed by atoms with Crippen molar-refractivity contribution >= 4 is 31.9 Å². The highest BCUT2D eigenvalue weighted by molar-refractivity contribution is 9.11. The van der Waals surface area contributed by atoms with E-state index in [1.807, 2.05) is 6.20 Å². The summed E-state index contributed by atoms with van der Waals surface area (Å²) < 4.78 is 2.09. The molecule has 1 aromatic rings. The average Bonchev–Trinajstić information content (AvgIpc) is 2.84. The van der Waals surface area contributed by atoms with Gasteiger partial charge < -0.3 is 5.32 Å². The lowest BCUT2D eigenvalue weighted by Crippen LogP contribution is -2.37. The number of halogens is 2. The molecule has 0 radical (unpaired) electrons. The number of nitrogens with zero attached hydrogens (tertiary/aromatic N) is 2. The standard InChI is InChI=1S/C13H19Br2N3/c1-2-18(8-11-4-3-5-16-11)9-13-12(15)6-10(14)7-17-13/h6-7,11,16H,2-5,8-9H2,1H3. The second kappa shape index (κ2) is 6.98. The molecule has 100 valence electrons. The molecule has 0 saturated carbocycles. The molecule has 1 fully saturated rings. The van der Waals surface area contributed by atoms with E-state index in [4.69, 9.17) is 0 Å². The number of nitrogens with one attached hydrogen (secondary N) is 1. The first-order chi connectivity index (χ1) is 8.69. The number of hydrogen-bond acceptors (Lipinski definition) is 3. The molecule has 2 rings (SSSR count). The van der Waals surface area contributed by atoms with Gasteiger partial charge in [-0.2, -0.15) is 0 Å². The second-order valence-corrected chi connectivity index (χ2v) is 6.47. The molecular formula is C13H19Br2N3. The van der Waals surface area contributed by atoms with Crippen LogP contribution in [0.1, 0.15) is 25.5 Å². The molecule has 5 heteroatoms. The monoisotopic (exact) mass is 375 g/mol. The van der Waals surface area contributed by atoms with Crippen LogP contribution in [0.5, 0.6) is 0 Å². The third-order valence-corrected chi connectivity index (χ3v) is 4.47. The largest absolute Gasteiger partial charge is 0.313 e. The third-order valence-electron chi connectivity index (χ3n) is 3.35. The highest BCUT2D eigenvalue weighted by Gasteiger charge is 2.18. The van der Waals surface area contributed by atoms with Crippen LogP contribution >= 0.6 is 31.9 Å². The highest BCUT2D eigenvalue weighted by Crippen LogP contribution is 2.21. The maximum absolute atomic E-state index is 4.48. The van der Waals surface area contributed by atoms with Gasteiger partial charge in [-0.1, -0.05) is 6.92 Å². The van der Waals surface area contributed by atoms with E-state index in [0.29, 0.717) is 6.04 Å². The molecular weight excluding hydrogens is 358 g/mol. The van der Waals surface area contributed by atoms with E-state index in [2.05, 4.69) is 60.1 Å². The summed E-state index contributed by atoms with van der Waals surface area (Å²) in [6, 6.07) is 2.71. The van der Waals surface area contributed by atoms with Crippen molar-refractivity contribution in [1.82, 2.24) is 15.2 Å². The van der Waals surface area contributed by atoms with Gasteiger partial charge in [-0.3, -0.25) is 9.88 Å². The molecule has 0 bridgehead atoms. The van der Waals surface area contributed by atoms with Crippen molar-refractivity contribution < 1.29 is 0 Å².